The first-order chi connectivity index (χ1) is 9.77. The molecule has 1 fully saturated rings. The lowest BCUT2D eigenvalue weighted by atomic mass is 9.93. The van der Waals surface area contributed by atoms with Crippen LogP contribution in [-0.2, 0) is 0 Å². The van der Waals surface area contributed by atoms with Gasteiger partial charge in [-0.25, -0.2) is 0 Å². The van der Waals surface area contributed by atoms with Crippen LogP contribution in [-0.4, -0.2) is 31.1 Å². The van der Waals surface area contributed by atoms with E-state index in [4.69, 9.17) is 0 Å². The highest BCUT2D eigenvalue weighted by molar-refractivity contribution is 7.10. The first kappa shape index (κ1) is 19.5. The summed E-state index contributed by atoms with van der Waals surface area (Å²) in [4.78, 5) is 4.08. The van der Waals surface area contributed by atoms with Gasteiger partial charge in [-0.3, -0.25) is 4.90 Å². The molecule has 1 atom stereocenters. The zero-order valence-corrected chi connectivity index (χ0v) is 15.5. The van der Waals surface area contributed by atoms with E-state index >= 15 is 0 Å². The molecule has 2 heterocycles. The van der Waals surface area contributed by atoms with Gasteiger partial charge in [-0.1, -0.05) is 24.3 Å². The fourth-order valence-corrected chi connectivity index (χ4v) is 4.02. The van der Waals surface area contributed by atoms with Gasteiger partial charge in [0.05, 0.1) is 6.04 Å². The SMILES string of the molecule is Cc1cccc(C)c1[C@@H](c1cccs1)N1CCNCC1.Cl.Cl. The second-order valence-electron chi connectivity index (χ2n) is 5.51. The Balaban J connectivity index is 0.00000121. The molecule has 0 amide bonds. The van der Waals surface area contributed by atoms with Gasteiger partial charge in [-0.15, -0.1) is 36.2 Å². The summed E-state index contributed by atoms with van der Waals surface area (Å²) >= 11 is 1.87. The van der Waals surface area contributed by atoms with E-state index in [1.807, 2.05) is 11.3 Å². The van der Waals surface area contributed by atoms with Gasteiger partial charge in [0.25, 0.3) is 0 Å². The third-order valence-electron chi connectivity index (χ3n) is 4.14. The van der Waals surface area contributed by atoms with Gasteiger partial charge < -0.3 is 5.32 Å². The Morgan fingerprint density at radius 1 is 1.00 bits per heavy atom. The van der Waals surface area contributed by atoms with E-state index in [0.29, 0.717) is 6.04 Å². The van der Waals surface area contributed by atoms with Crippen molar-refractivity contribution in [2.75, 3.05) is 26.2 Å². The van der Waals surface area contributed by atoms with Crippen LogP contribution in [0.4, 0.5) is 0 Å². The molecule has 1 aliphatic rings. The molecular formula is C17H24Cl2N2S. The smallest absolute Gasteiger partial charge is 0.0702 e. The van der Waals surface area contributed by atoms with Crippen LogP contribution in [0.3, 0.4) is 0 Å². The van der Waals surface area contributed by atoms with Crippen molar-refractivity contribution in [1.29, 1.82) is 0 Å². The number of halogens is 2. The molecule has 1 saturated heterocycles. The molecule has 1 aromatic heterocycles. The number of rotatable bonds is 3. The van der Waals surface area contributed by atoms with E-state index in [2.05, 4.69) is 59.8 Å². The number of nitrogens with zero attached hydrogens (tertiary/aromatic N) is 1. The predicted octanol–water partition coefficient (Wildman–Crippen LogP) is 4.20. The normalized spacial score (nSPS) is 16.5. The third-order valence-corrected chi connectivity index (χ3v) is 5.07. The van der Waals surface area contributed by atoms with Crippen molar-refractivity contribution in [2.24, 2.45) is 0 Å². The van der Waals surface area contributed by atoms with Crippen molar-refractivity contribution < 1.29 is 0 Å². The zero-order chi connectivity index (χ0) is 13.9. The first-order valence-electron chi connectivity index (χ1n) is 7.31. The summed E-state index contributed by atoms with van der Waals surface area (Å²) in [5.74, 6) is 0. The van der Waals surface area contributed by atoms with Crippen molar-refractivity contribution in [3.8, 4) is 0 Å². The Morgan fingerprint density at radius 2 is 1.64 bits per heavy atom. The fourth-order valence-electron chi connectivity index (χ4n) is 3.15. The predicted molar refractivity (Wildman–Crippen MR) is 101 cm³/mol. The molecule has 0 bridgehead atoms. The van der Waals surface area contributed by atoms with Gasteiger partial charge in [0.1, 0.15) is 0 Å². The molecular weight excluding hydrogens is 335 g/mol. The minimum Gasteiger partial charge on any atom is -0.314 e. The number of hydrogen-bond acceptors (Lipinski definition) is 3. The standard InChI is InChI=1S/C17H22N2S.2ClH/c1-13-5-3-6-14(2)16(13)17(15-7-4-12-20-15)19-10-8-18-9-11-19;;/h3-7,12,17-18H,8-11H2,1-2H3;2*1H/t17-;;/m1../s1. The van der Waals surface area contributed by atoms with Crippen LogP contribution in [0.2, 0.25) is 0 Å². The quantitative estimate of drug-likeness (QED) is 0.884. The third kappa shape index (κ3) is 4.03. The van der Waals surface area contributed by atoms with Crippen molar-refractivity contribution in [3.63, 3.8) is 0 Å². The summed E-state index contributed by atoms with van der Waals surface area (Å²) in [7, 11) is 0. The van der Waals surface area contributed by atoms with Gasteiger partial charge in [0.15, 0.2) is 0 Å². The Labute approximate surface area is 149 Å². The molecule has 0 radical (unpaired) electrons. The second kappa shape index (κ2) is 8.90. The van der Waals surface area contributed by atoms with Crippen LogP contribution in [0, 0.1) is 13.8 Å². The Kier molecular flexibility index (Phi) is 7.87. The van der Waals surface area contributed by atoms with E-state index in [9.17, 15) is 0 Å². The van der Waals surface area contributed by atoms with Crippen LogP contribution < -0.4 is 5.32 Å². The molecule has 22 heavy (non-hydrogen) atoms. The van der Waals surface area contributed by atoms with Gasteiger partial charge >= 0.3 is 0 Å². The van der Waals surface area contributed by atoms with Crippen LogP contribution in [0.5, 0.6) is 0 Å². The first-order valence-corrected chi connectivity index (χ1v) is 8.19. The maximum Gasteiger partial charge on any atom is 0.0702 e. The number of thiophene rings is 1. The van der Waals surface area contributed by atoms with Crippen LogP contribution in [0.15, 0.2) is 35.7 Å². The zero-order valence-electron chi connectivity index (χ0n) is 13.0. The van der Waals surface area contributed by atoms with Crippen molar-refractivity contribution in [2.45, 2.75) is 19.9 Å². The largest absolute Gasteiger partial charge is 0.314 e. The summed E-state index contributed by atoms with van der Waals surface area (Å²) in [6, 6.07) is 11.5. The number of aryl methyl sites for hydroxylation is 2. The molecule has 3 rings (SSSR count). The molecule has 2 aromatic rings. The lowest BCUT2D eigenvalue weighted by molar-refractivity contribution is 0.200. The van der Waals surface area contributed by atoms with Crippen LogP contribution in [0.1, 0.15) is 27.6 Å². The number of nitrogens with one attached hydrogen (secondary N) is 1. The summed E-state index contributed by atoms with van der Waals surface area (Å²) in [5.41, 5.74) is 4.31. The van der Waals surface area contributed by atoms with Crippen molar-refractivity contribution in [3.05, 3.63) is 57.3 Å². The molecule has 0 saturated carbocycles. The Bertz CT molecular complexity index is 546. The van der Waals surface area contributed by atoms with Gasteiger partial charge in [-0.2, -0.15) is 0 Å². The Morgan fingerprint density at radius 3 is 2.18 bits per heavy atom. The molecule has 0 aliphatic carbocycles. The van der Waals surface area contributed by atoms with E-state index < -0.39 is 0 Å². The van der Waals surface area contributed by atoms with Crippen LogP contribution in [0.25, 0.3) is 0 Å². The highest BCUT2D eigenvalue weighted by Crippen LogP contribution is 2.35. The average Bonchev–Trinajstić information content (AvgIpc) is 2.98. The maximum absolute atomic E-state index is 3.46. The minimum atomic E-state index is 0. The molecule has 1 aromatic carbocycles. The topological polar surface area (TPSA) is 15.3 Å². The van der Waals surface area contributed by atoms with E-state index in [1.54, 1.807) is 0 Å². The fraction of sp³-hybridized carbons (Fsp3) is 0.412. The number of hydrogen-bond donors (Lipinski definition) is 1. The van der Waals surface area contributed by atoms with E-state index in [1.165, 1.54) is 21.6 Å². The molecule has 5 heteroatoms. The molecule has 1 N–H and O–H groups in total. The summed E-state index contributed by atoms with van der Waals surface area (Å²) in [5, 5.41) is 5.65. The Hall–Kier alpha value is -0.580. The second-order valence-corrected chi connectivity index (χ2v) is 6.49. The minimum absolute atomic E-state index is 0. The average molecular weight is 359 g/mol. The molecule has 1 aliphatic heterocycles. The van der Waals surface area contributed by atoms with Crippen molar-refractivity contribution >= 4 is 36.2 Å². The summed E-state index contributed by atoms with van der Waals surface area (Å²) in [6.07, 6.45) is 0. The highest BCUT2D eigenvalue weighted by atomic mass is 35.5. The van der Waals surface area contributed by atoms with Crippen LogP contribution >= 0.6 is 36.2 Å². The lowest BCUT2D eigenvalue weighted by Crippen LogP contribution is -2.45. The molecule has 0 unspecified atom stereocenters. The van der Waals surface area contributed by atoms with Crippen molar-refractivity contribution in [1.82, 2.24) is 10.2 Å². The van der Waals surface area contributed by atoms with Gasteiger partial charge in [0.2, 0.25) is 0 Å². The van der Waals surface area contributed by atoms with Gasteiger partial charge in [0, 0.05) is 31.1 Å². The monoisotopic (exact) mass is 358 g/mol. The van der Waals surface area contributed by atoms with E-state index in [-0.39, 0.29) is 24.8 Å². The van der Waals surface area contributed by atoms with E-state index in [0.717, 1.165) is 26.2 Å². The van der Waals surface area contributed by atoms with Gasteiger partial charge in [-0.05, 0) is 42.0 Å². The highest BCUT2D eigenvalue weighted by Gasteiger charge is 2.26. The maximum atomic E-state index is 3.46. The number of piperazine rings is 1. The molecule has 2 nitrogen and oxygen atoms in total. The summed E-state index contributed by atoms with van der Waals surface area (Å²) < 4.78 is 0. The lowest BCUT2D eigenvalue weighted by Gasteiger charge is -2.36. The number of benzene rings is 1. The summed E-state index contributed by atoms with van der Waals surface area (Å²) in [6.45, 7) is 8.91. The molecule has 122 valence electrons. The molecule has 0 spiro atoms.